The molecule has 0 amide bonds. The van der Waals surface area contributed by atoms with Crippen molar-refractivity contribution in [3.63, 3.8) is 0 Å². The number of nitrogens with one attached hydrogen (secondary N) is 1. The molecule has 0 aromatic rings. The Balaban J connectivity index is 2.17. The van der Waals surface area contributed by atoms with Gasteiger partial charge in [0, 0.05) is 19.1 Å². The van der Waals surface area contributed by atoms with Crippen LogP contribution < -0.4 is 11.1 Å². The Labute approximate surface area is 112 Å². The van der Waals surface area contributed by atoms with Gasteiger partial charge in [0.2, 0.25) is 0 Å². The number of ether oxygens (including phenoxy) is 1. The summed E-state index contributed by atoms with van der Waals surface area (Å²) >= 11 is 0. The van der Waals surface area contributed by atoms with Crippen LogP contribution in [0.3, 0.4) is 0 Å². The summed E-state index contributed by atoms with van der Waals surface area (Å²) in [6.45, 7) is 8.86. The van der Waals surface area contributed by atoms with Crippen LogP contribution in [0.5, 0.6) is 0 Å². The maximum Gasteiger partial charge on any atom is 0.0672 e. The van der Waals surface area contributed by atoms with Gasteiger partial charge in [-0.3, -0.25) is 0 Å². The first-order valence-corrected chi connectivity index (χ1v) is 7.39. The molecule has 1 unspecified atom stereocenters. The average molecular weight is 254 g/mol. The quantitative estimate of drug-likeness (QED) is 0.397. The Bertz CT molecular complexity index is 223. The van der Waals surface area contributed by atoms with Gasteiger partial charge in [-0.05, 0) is 25.7 Å². The van der Waals surface area contributed by atoms with Crippen molar-refractivity contribution in [1.82, 2.24) is 5.32 Å². The van der Waals surface area contributed by atoms with Crippen LogP contribution in [-0.4, -0.2) is 32.3 Å². The minimum absolute atomic E-state index is 0.469. The lowest BCUT2D eigenvalue weighted by Crippen LogP contribution is -2.43. The molecule has 0 saturated heterocycles. The first-order valence-electron chi connectivity index (χ1n) is 7.39. The minimum atomic E-state index is 0.469. The third-order valence-electron chi connectivity index (χ3n) is 3.72. The molecule has 0 bridgehead atoms. The van der Waals surface area contributed by atoms with E-state index >= 15 is 0 Å². The van der Waals surface area contributed by atoms with Crippen LogP contribution in [-0.2, 0) is 4.74 Å². The first kappa shape index (κ1) is 15.7. The third kappa shape index (κ3) is 6.53. The molecule has 18 heavy (non-hydrogen) atoms. The highest BCUT2D eigenvalue weighted by molar-refractivity contribution is 4.87. The smallest absolute Gasteiger partial charge is 0.0672 e. The lowest BCUT2D eigenvalue weighted by atomic mass is 9.92. The van der Waals surface area contributed by atoms with Gasteiger partial charge in [0.05, 0.1) is 13.2 Å². The molecule has 3 N–H and O–H groups in total. The SMILES string of the molecule is C=C(C)COCCNC(CN)C1CCCCCC1. The topological polar surface area (TPSA) is 47.3 Å². The molecular weight excluding hydrogens is 224 g/mol. The van der Waals surface area contributed by atoms with Crippen LogP contribution >= 0.6 is 0 Å². The fourth-order valence-corrected chi connectivity index (χ4v) is 2.72. The van der Waals surface area contributed by atoms with E-state index in [9.17, 15) is 0 Å². The Morgan fingerprint density at radius 2 is 2.00 bits per heavy atom. The van der Waals surface area contributed by atoms with E-state index in [1.54, 1.807) is 0 Å². The van der Waals surface area contributed by atoms with Crippen molar-refractivity contribution < 1.29 is 4.74 Å². The summed E-state index contributed by atoms with van der Waals surface area (Å²) < 4.78 is 5.50. The summed E-state index contributed by atoms with van der Waals surface area (Å²) in [5, 5.41) is 3.56. The first-order chi connectivity index (χ1) is 8.74. The molecule has 0 aromatic carbocycles. The summed E-state index contributed by atoms with van der Waals surface area (Å²) in [7, 11) is 0. The second-order valence-electron chi connectivity index (χ2n) is 5.56. The van der Waals surface area contributed by atoms with Gasteiger partial charge in [-0.15, -0.1) is 0 Å². The highest BCUT2D eigenvalue weighted by atomic mass is 16.5. The molecule has 3 heteroatoms. The van der Waals surface area contributed by atoms with Crippen molar-refractivity contribution in [2.24, 2.45) is 11.7 Å². The van der Waals surface area contributed by atoms with Gasteiger partial charge in [0.25, 0.3) is 0 Å². The number of hydrogen-bond acceptors (Lipinski definition) is 3. The van der Waals surface area contributed by atoms with Crippen molar-refractivity contribution in [2.75, 3.05) is 26.3 Å². The molecule has 106 valence electrons. The van der Waals surface area contributed by atoms with E-state index in [2.05, 4.69) is 11.9 Å². The number of rotatable bonds is 8. The van der Waals surface area contributed by atoms with Gasteiger partial charge < -0.3 is 15.8 Å². The van der Waals surface area contributed by atoms with Crippen molar-refractivity contribution in [3.05, 3.63) is 12.2 Å². The standard InChI is InChI=1S/C15H30N2O/c1-13(2)12-18-10-9-17-15(11-16)14-7-5-3-4-6-8-14/h14-15,17H,1,3-12,16H2,2H3. The maximum absolute atomic E-state index is 5.90. The van der Waals surface area contributed by atoms with Crippen LogP contribution in [0.1, 0.15) is 45.4 Å². The van der Waals surface area contributed by atoms with Crippen LogP contribution in [0.15, 0.2) is 12.2 Å². The van der Waals surface area contributed by atoms with E-state index in [1.807, 2.05) is 6.92 Å². The number of hydrogen-bond donors (Lipinski definition) is 2. The number of nitrogens with two attached hydrogens (primary N) is 1. The lowest BCUT2D eigenvalue weighted by Gasteiger charge is -2.26. The minimum Gasteiger partial charge on any atom is -0.376 e. The molecule has 0 heterocycles. The zero-order chi connectivity index (χ0) is 13.2. The molecule has 3 nitrogen and oxygen atoms in total. The molecule has 0 spiro atoms. The molecular formula is C15H30N2O. The lowest BCUT2D eigenvalue weighted by molar-refractivity contribution is 0.151. The Morgan fingerprint density at radius 3 is 2.56 bits per heavy atom. The largest absolute Gasteiger partial charge is 0.376 e. The van der Waals surface area contributed by atoms with E-state index in [0.29, 0.717) is 12.6 Å². The van der Waals surface area contributed by atoms with Crippen molar-refractivity contribution in [3.8, 4) is 0 Å². The van der Waals surface area contributed by atoms with E-state index in [-0.39, 0.29) is 0 Å². The van der Waals surface area contributed by atoms with Crippen LogP contribution in [0, 0.1) is 5.92 Å². The molecule has 0 radical (unpaired) electrons. The maximum atomic E-state index is 5.90. The van der Waals surface area contributed by atoms with Gasteiger partial charge in [0.15, 0.2) is 0 Å². The van der Waals surface area contributed by atoms with Gasteiger partial charge in [-0.25, -0.2) is 0 Å². The second-order valence-corrected chi connectivity index (χ2v) is 5.56. The van der Waals surface area contributed by atoms with Gasteiger partial charge >= 0.3 is 0 Å². The molecule has 1 fully saturated rings. The molecule has 0 aliphatic heterocycles. The monoisotopic (exact) mass is 254 g/mol. The highest BCUT2D eigenvalue weighted by Gasteiger charge is 2.20. The zero-order valence-corrected chi connectivity index (χ0v) is 11.9. The van der Waals surface area contributed by atoms with Crippen LogP contribution in [0.2, 0.25) is 0 Å². The van der Waals surface area contributed by atoms with E-state index < -0.39 is 0 Å². The highest BCUT2D eigenvalue weighted by Crippen LogP contribution is 2.25. The molecule has 1 rings (SSSR count). The van der Waals surface area contributed by atoms with Gasteiger partial charge in [-0.2, -0.15) is 0 Å². The molecule has 1 aliphatic carbocycles. The fourth-order valence-electron chi connectivity index (χ4n) is 2.72. The Kier molecular flexibility index (Phi) is 8.31. The molecule has 1 atom stereocenters. The summed E-state index contributed by atoms with van der Waals surface area (Å²) in [5.41, 5.74) is 6.98. The molecule has 1 aliphatic rings. The van der Waals surface area contributed by atoms with Crippen molar-refractivity contribution >= 4 is 0 Å². The predicted molar refractivity (Wildman–Crippen MR) is 77.7 cm³/mol. The fraction of sp³-hybridized carbons (Fsp3) is 0.867. The molecule has 1 saturated carbocycles. The Hall–Kier alpha value is -0.380. The zero-order valence-electron chi connectivity index (χ0n) is 11.9. The third-order valence-corrected chi connectivity index (χ3v) is 3.72. The van der Waals surface area contributed by atoms with E-state index in [4.69, 9.17) is 10.5 Å². The van der Waals surface area contributed by atoms with Crippen molar-refractivity contribution in [2.45, 2.75) is 51.5 Å². The van der Waals surface area contributed by atoms with E-state index in [0.717, 1.165) is 31.2 Å². The van der Waals surface area contributed by atoms with Crippen LogP contribution in [0.25, 0.3) is 0 Å². The van der Waals surface area contributed by atoms with Gasteiger partial charge in [0.1, 0.15) is 0 Å². The summed E-state index contributed by atoms with van der Waals surface area (Å²) in [6, 6.07) is 0.469. The summed E-state index contributed by atoms with van der Waals surface area (Å²) in [6.07, 6.45) is 8.21. The van der Waals surface area contributed by atoms with E-state index in [1.165, 1.54) is 38.5 Å². The Morgan fingerprint density at radius 1 is 1.33 bits per heavy atom. The summed E-state index contributed by atoms with van der Waals surface area (Å²) in [5.74, 6) is 0.763. The van der Waals surface area contributed by atoms with Gasteiger partial charge in [-0.1, -0.05) is 37.8 Å². The second kappa shape index (κ2) is 9.54. The predicted octanol–water partition coefficient (Wildman–Crippen LogP) is 2.47. The van der Waals surface area contributed by atoms with Crippen molar-refractivity contribution in [1.29, 1.82) is 0 Å². The normalized spacial score (nSPS) is 19.4. The van der Waals surface area contributed by atoms with Crippen LogP contribution in [0.4, 0.5) is 0 Å². The average Bonchev–Trinajstić information content (AvgIpc) is 2.62. The molecule has 0 aromatic heterocycles. The summed E-state index contributed by atoms with van der Waals surface area (Å²) in [4.78, 5) is 0.